The maximum Gasteiger partial charge on any atom is 0.334 e. The topological polar surface area (TPSA) is 72.5 Å². The van der Waals surface area contributed by atoms with E-state index < -0.39 is 15.1 Å². The molecule has 0 aliphatic heterocycles. The maximum atomic E-state index is 13.1. The lowest BCUT2D eigenvalue weighted by Crippen LogP contribution is -2.34. The van der Waals surface area contributed by atoms with Crippen LogP contribution in [0.15, 0.2) is 29.2 Å². The van der Waals surface area contributed by atoms with Crippen LogP contribution in [0.1, 0.15) is 26.2 Å². The van der Waals surface area contributed by atoms with Gasteiger partial charge in [-0.25, -0.2) is 0 Å². The summed E-state index contributed by atoms with van der Waals surface area (Å²) in [6.07, 6.45) is 2.14. The van der Waals surface area contributed by atoms with E-state index in [1.165, 1.54) is 12.1 Å². The molecule has 0 atom stereocenters. The lowest BCUT2D eigenvalue weighted by Gasteiger charge is -2.34. The molecule has 5 nitrogen and oxygen atoms in total. The summed E-state index contributed by atoms with van der Waals surface area (Å²) in [7, 11) is -4.85. The van der Waals surface area contributed by atoms with Gasteiger partial charge < -0.3 is 10.1 Å². The quantitative estimate of drug-likeness (QED) is 0.819. The minimum Gasteiger partial charge on any atom is -0.378 e. The summed E-state index contributed by atoms with van der Waals surface area (Å²) < 4.78 is 40.5. The highest BCUT2D eigenvalue weighted by atomic mass is 32.3. The number of rotatable bonds is 6. The van der Waals surface area contributed by atoms with E-state index in [9.17, 15) is 17.1 Å². The number of halogens is 1. The number of ether oxygens (including phenoxy) is 1. The van der Waals surface area contributed by atoms with Gasteiger partial charge in [-0.15, -0.1) is 3.89 Å². The zero-order chi connectivity index (χ0) is 15.5. The van der Waals surface area contributed by atoms with Crippen molar-refractivity contribution in [1.82, 2.24) is 0 Å². The van der Waals surface area contributed by atoms with Crippen molar-refractivity contribution < 1.29 is 21.8 Å². The SMILES string of the molecule is CCOC1CC(CC(=O)Nc2ccccc2S(=O)(=O)F)C1. The molecule has 0 aromatic heterocycles. The van der Waals surface area contributed by atoms with Gasteiger partial charge in [0.2, 0.25) is 5.91 Å². The van der Waals surface area contributed by atoms with E-state index in [0.717, 1.165) is 18.9 Å². The maximum absolute atomic E-state index is 13.1. The fraction of sp³-hybridized carbons (Fsp3) is 0.500. The Hall–Kier alpha value is -1.47. The molecule has 0 radical (unpaired) electrons. The van der Waals surface area contributed by atoms with Crippen molar-refractivity contribution in [2.45, 2.75) is 37.2 Å². The van der Waals surface area contributed by atoms with E-state index in [1.807, 2.05) is 6.92 Å². The van der Waals surface area contributed by atoms with Crippen LogP contribution in [0.5, 0.6) is 0 Å². The summed E-state index contributed by atoms with van der Waals surface area (Å²) in [5.74, 6) is -0.0817. The first kappa shape index (κ1) is 15.9. The Labute approximate surface area is 123 Å². The Morgan fingerprint density at radius 1 is 1.38 bits per heavy atom. The third-order valence-corrected chi connectivity index (χ3v) is 4.37. The second-order valence-corrected chi connectivity index (χ2v) is 6.42. The Morgan fingerprint density at radius 3 is 2.67 bits per heavy atom. The highest BCUT2D eigenvalue weighted by Crippen LogP contribution is 2.33. The van der Waals surface area contributed by atoms with Crippen molar-refractivity contribution >= 4 is 21.8 Å². The molecule has 0 unspecified atom stereocenters. The summed E-state index contributed by atoms with van der Waals surface area (Å²) in [6, 6.07) is 5.44. The largest absolute Gasteiger partial charge is 0.378 e. The van der Waals surface area contributed by atoms with Crippen LogP contribution in [0.4, 0.5) is 9.57 Å². The van der Waals surface area contributed by atoms with Crippen LogP contribution in [-0.4, -0.2) is 27.0 Å². The molecule has 1 aliphatic carbocycles. The molecule has 1 saturated carbocycles. The van der Waals surface area contributed by atoms with E-state index in [2.05, 4.69) is 5.32 Å². The molecule has 1 fully saturated rings. The molecule has 1 aliphatic rings. The van der Waals surface area contributed by atoms with Crippen molar-refractivity contribution in [3.05, 3.63) is 24.3 Å². The van der Waals surface area contributed by atoms with Gasteiger partial charge >= 0.3 is 10.2 Å². The second kappa shape index (κ2) is 6.53. The van der Waals surface area contributed by atoms with Crippen LogP contribution < -0.4 is 5.32 Å². The van der Waals surface area contributed by atoms with Gasteiger partial charge in [0, 0.05) is 13.0 Å². The molecule has 116 valence electrons. The van der Waals surface area contributed by atoms with Gasteiger partial charge in [-0.05, 0) is 37.8 Å². The summed E-state index contributed by atoms with van der Waals surface area (Å²) in [4.78, 5) is 11.4. The van der Waals surface area contributed by atoms with E-state index in [1.54, 1.807) is 6.07 Å². The van der Waals surface area contributed by atoms with Crippen molar-refractivity contribution in [3.63, 3.8) is 0 Å². The first-order valence-corrected chi connectivity index (χ1v) is 8.23. The van der Waals surface area contributed by atoms with E-state index in [0.29, 0.717) is 6.61 Å². The smallest absolute Gasteiger partial charge is 0.334 e. The Kier molecular flexibility index (Phi) is 4.95. The van der Waals surface area contributed by atoms with Crippen LogP contribution >= 0.6 is 0 Å². The molecule has 0 heterocycles. The van der Waals surface area contributed by atoms with Gasteiger partial charge in [-0.1, -0.05) is 12.1 Å². The Balaban J connectivity index is 1.92. The van der Waals surface area contributed by atoms with E-state index in [4.69, 9.17) is 4.74 Å². The molecular formula is C14H18FNO4S. The number of carbonyl (C=O) groups is 1. The highest BCUT2D eigenvalue weighted by Gasteiger charge is 2.31. The zero-order valence-electron chi connectivity index (χ0n) is 11.7. The van der Waals surface area contributed by atoms with Gasteiger partial charge in [0.15, 0.2) is 0 Å². The molecule has 7 heteroatoms. The van der Waals surface area contributed by atoms with Crippen LogP contribution in [0.2, 0.25) is 0 Å². The van der Waals surface area contributed by atoms with Crippen LogP contribution in [0.3, 0.4) is 0 Å². The number of anilines is 1. The van der Waals surface area contributed by atoms with Crippen molar-refractivity contribution in [3.8, 4) is 0 Å². The van der Waals surface area contributed by atoms with Crippen molar-refractivity contribution in [2.75, 3.05) is 11.9 Å². The average Bonchev–Trinajstić information content (AvgIpc) is 2.35. The standard InChI is InChI=1S/C14H18FNO4S/c1-2-20-11-7-10(8-11)9-14(17)16-12-5-3-4-6-13(12)21(15,18)19/h3-6,10-11H,2,7-9H2,1H3,(H,16,17). The number of benzene rings is 1. The van der Waals surface area contributed by atoms with E-state index in [-0.39, 0.29) is 30.0 Å². The zero-order valence-corrected chi connectivity index (χ0v) is 12.5. The molecule has 21 heavy (non-hydrogen) atoms. The molecule has 1 N–H and O–H groups in total. The molecular weight excluding hydrogens is 297 g/mol. The highest BCUT2D eigenvalue weighted by molar-refractivity contribution is 7.86. The lowest BCUT2D eigenvalue weighted by atomic mass is 9.80. The number of hydrogen-bond donors (Lipinski definition) is 1. The number of carbonyl (C=O) groups excluding carboxylic acids is 1. The number of hydrogen-bond acceptors (Lipinski definition) is 4. The van der Waals surface area contributed by atoms with Gasteiger partial charge in [-0.3, -0.25) is 4.79 Å². The molecule has 1 aromatic carbocycles. The molecule has 0 saturated heterocycles. The average molecular weight is 315 g/mol. The first-order chi connectivity index (χ1) is 9.90. The second-order valence-electron chi connectivity index (χ2n) is 5.10. The predicted octanol–water partition coefficient (Wildman–Crippen LogP) is 2.49. The van der Waals surface area contributed by atoms with Gasteiger partial charge in [-0.2, -0.15) is 8.42 Å². The fourth-order valence-electron chi connectivity index (χ4n) is 2.46. The number of amides is 1. The Morgan fingerprint density at radius 2 is 2.05 bits per heavy atom. The molecule has 0 bridgehead atoms. The third-order valence-electron chi connectivity index (χ3n) is 3.49. The summed E-state index contributed by atoms with van der Waals surface area (Å²) in [5.41, 5.74) is -0.0225. The summed E-state index contributed by atoms with van der Waals surface area (Å²) in [5, 5.41) is 2.46. The van der Waals surface area contributed by atoms with Crippen LogP contribution in [0, 0.1) is 5.92 Å². The van der Waals surface area contributed by atoms with Crippen LogP contribution in [-0.2, 0) is 19.8 Å². The van der Waals surface area contributed by atoms with Crippen molar-refractivity contribution in [1.29, 1.82) is 0 Å². The van der Waals surface area contributed by atoms with Gasteiger partial charge in [0.1, 0.15) is 4.90 Å². The molecule has 1 aromatic rings. The van der Waals surface area contributed by atoms with Crippen molar-refractivity contribution in [2.24, 2.45) is 5.92 Å². The number of nitrogens with one attached hydrogen (secondary N) is 1. The normalized spacial score (nSPS) is 21.6. The Bertz CT molecular complexity index is 611. The third kappa shape index (κ3) is 4.25. The summed E-state index contributed by atoms with van der Waals surface area (Å²) >= 11 is 0. The fourth-order valence-corrected chi connectivity index (χ4v) is 3.08. The summed E-state index contributed by atoms with van der Waals surface area (Å²) in [6.45, 7) is 2.58. The van der Waals surface area contributed by atoms with Crippen LogP contribution in [0.25, 0.3) is 0 Å². The minimum atomic E-state index is -4.85. The van der Waals surface area contributed by atoms with E-state index >= 15 is 0 Å². The first-order valence-electron chi connectivity index (χ1n) is 6.85. The van der Waals surface area contributed by atoms with Gasteiger partial charge in [0.25, 0.3) is 0 Å². The minimum absolute atomic E-state index is 0.0225. The molecule has 0 spiro atoms. The van der Waals surface area contributed by atoms with Gasteiger partial charge in [0.05, 0.1) is 11.8 Å². The molecule has 1 amide bonds. The monoisotopic (exact) mass is 315 g/mol. The predicted molar refractivity (Wildman–Crippen MR) is 76.1 cm³/mol. The molecule has 2 rings (SSSR count). The lowest BCUT2D eigenvalue weighted by molar-refractivity contribution is -0.119. The number of para-hydroxylation sites is 1.